The van der Waals surface area contributed by atoms with Crippen molar-refractivity contribution in [2.45, 2.75) is 107 Å². The van der Waals surface area contributed by atoms with Gasteiger partial charge in [0.15, 0.2) is 0 Å². The van der Waals surface area contributed by atoms with E-state index in [4.69, 9.17) is 4.98 Å². The number of aromatic nitrogens is 3. The lowest BCUT2D eigenvalue weighted by atomic mass is 9.80. The molecule has 0 radical (unpaired) electrons. The molecule has 5 aliphatic rings. The fourth-order valence-electron chi connectivity index (χ4n) is 8.24. The van der Waals surface area contributed by atoms with Gasteiger partial charge in [-0.2, -0.15) is 4.98 Å². The lowest BCUT2D eigenvalue weighted by Gasteiger charge is -2.43. The lowest BCUT2D eigenvalue weighted by Crippen LogP contribution is -2.53. The third-order valence-corrected chi connectivity index (χ3v) is 10.3. The van der Waals surface area contributed by atoms with Crippen molar-refractivity contribution >= 4 is 22.9 Å². The summed E-state index contributed by atoms with van der Waals surface area (Å²) in [6.45, 7) is 5.73. The van der Waals surface area contributed by atoms with Crippen molar-refractivity contribution in [1.29, 1.82) is 0 Å². The van der Waals surface area contributed by atoms with Crippen LogP contribution in [0, 0.1) is 0 Å². The number of nitrogens with zero attached hydrogens (tertiary/aromatic N) is 5. The maximum atomic E-state index is 12.7. The SMILES string of the molecule is O=C1NCC2(CCCCC2)n2c1cc1cnc(N[C@H]3CC[C@H](N4CCN(C5CCCC5)CC4)CC3)nc12. The van der Waals surface area contributed by atoms with Crippen LogP contribution in [-0.2, 0) is 5.54 Å². The molecule has 1 saturated heterocycles. The van der Waals surface area contributed by atoms with Crippen LogP contribution in [0.2, 0.25) is 0 Å². The molecule has 0 unspecified atom stereocenters. The summed E-state index contributed by atoms with van der Waals surface area (Å²) >= 11 is 0. The average Bonchev–Trinajstić information content (AvgIpc) is 3.62. The van der Waals surface area contributed by atoms with Crippen LogP contribution in [0.3, 0.4) is 0 Å². The molecule has 1 amide bonds. The monoisotopic (exact) mass is 505 g/mol. The van der Waals surface area contributed by atoms with E-state index in [1.165, 1.54) is 96.8 Å². The van der Waals surface area contributed by atoms with Crippen molar-refractivity contribution in [3.8, 4) is 0 Å². The predicted octanol–water partition coefficient (Wildman–Crippen LogP) is 4.12. The smallest absolute Gasteiger partial charge is 0.268 e. The number of rotatable bonds is 4. The summed E-state index contributed by atoms with van der Waals surface area (Å²) in [5.74, 6) is 0.741. The van der Waals surface area contributed by atoms with Gasteiger partial charge < -0.3 is 15.2 Å². The molecule has 1 spiro atoms. The van der Waals surface area contributed by atoms with Gasteiger partial charge in [-0.25, -0.2) is 4.98 Å². The molecule has 2 aromatic heterocycles. The van der Waals surface area contributed by atoms with Gasteiger partial charge in [-0.15, -0.1) is 0 Å². The fraction of sp³-hybridized carbons (Fsp3) is 0.759. The van der Waals surface area contributed by atoms with Crippen molar-refractivity contribution in [2.24, 2.45) is 0 Å². The molecule has 200 valence electrons. The van der Waals surface area contributed by atoms with Gasteiger partial charge in [0.1, 0.15) is 11.3 Å². The van der Waals surface area contributed by atoms with Gasteiger partial charge in [0.05, 0.1) is 5.54 Å². The molecule has 2 aliphatic heterocycles. The normalized spacial score (nSPS) is 29.5. The van der Waals surface area contributed by atoms with Crippen LogP contribution < -0.4 is 10.6 Å². The third-order valence-electron chi connectivity index (χ3n) is 10.3. The standard InChI is InChI=1S/C29H43N7O/c37-27-25-18-21-19-30-28(33-26(21)36(25)29(20-31-27)12-4-1-5-13-29)32-22-8-10-24(11-9-22)35-16-14-34(15-17-35)23-6-2-3-7-23/h18-19,22-24H,1-17,20H2,(H,31,37)(H,30,32,33)/t22-,24-. The summed E-state index contributed by atoms with van der Waals surface area (Å²) in [4.78, 5) is 28.0. The molecule has 2 N–H and O–H groups in total. The maximum Gasteiger partial charge on any atom is 0.268 e. The molecule has 7 rings (SSSR count). The van der Waals surface area contributed by atoms with E-state index < -0.39 is 0 Å². The highest BCUT2D eigenvalue weighted by atomic mass is 16.2. The molecule has 37 heavy (non-hydrogen) atoms. The number of anilines is 1. The highest BCUT2D eigenvalue weighted by molar-refractivity contribution is 5.99. The Labute approximate surface area is 220 Å². The summed E-state index contributed by atoms with van der Waals surface area (Å²) in [7, 11) is 0. The van der Waals surface area contributed by atoms with Crippen LogP contribution in [0.5, 0.6) is 0 Å². The minimum atomic E-state index is -0.0330. The zero-order chi connectivity index (χ0) is 24.8. The van der Waals surface area contributed by atoms with E-state index in [-0.39, 0.29) is 11.4 Å². The molecule has 8 nitrogen and oxygen atoms in total. The average molecular weight is 506 g/mol. The van der Waals surface area contributed by atoms with E-state index in [0.717, 1.165) is 47.6 Å². The number of hydrogen-bond donors (Lipinski definition) is 2. The van der Waals surface area contributed by atoms with Gasteiger partial charge >= 0.3 is 0 Å². The summed E-state index contributed by atoms with van der Waals surface area (Å²) in [6.07, 6.45) is 18.4. The number of fused-ring (bicyclic) bond motifs is 4. The molecule has 3 aliphatic carbocycles. The number of carbonyl (C=O) groups is 1. The Hall–Kier alpha value is -2.19. The summed E-state index contributed by atoms with van der Waals surface area (Å²) in [5, 5.41) is 7.81. The first-order valence-electron chi connectivity index (χ1n) is 15.1. The Balaban J connectivity index is 1.00. The van der Waals surface area contributed by atoms with E-state index in [2.05, 4.69) is 30.0 Å². The number of hydrogen-bond acceptors (Lipinski definition) is 6. The molecule has 4 heterocycles. The van der Waals surface area contributed by atoms with Crippen LogP contribution >= 0.6 is 0 Å². The van der Waals surface area contributed by atoms with Crippen LogP contribution in [0.4, 0.5) is 5.95 Å². The van der Waals surface area contributed by atoms with Crippen molar-refractivity contribution in [3.63, 3.8) is 0 Å². The molecular weight excluding hydrogens is 462 g/mol. The largest absolute Gasteiger partial charge is 0.351 e. The minimum Gasteiger partial charge on any atom is -0.351 e. The Bertz CT molecular complexity index is 1120. The Kier molecular flexibility index (Phi) is 6.36. The fourth-order valence-corrected chi connectivity index (χ4v) is 8.24. The molecule has 0 bridgehead atoms. The Morgan fingerprint density at radius 1 is 0.865 bits per heavy atom. The highest BCUT2D eigenvalue weighted by Crippen LogP contribution is 2.40. The predicted molar refractivity (Wildman–Crippen MR) is 146 cm³/mol. The minimum absolute atomic E-state index is 0.0195. The third kappa shape index (κ3) is 4.44. The first-order chi connectivity index (χ1) is 18.2. The second kappa shape index (κ2) is 9.84. The summed E-state index contributed by atoms with van der Waals surface area (Å²) in [5.41, 5.74) is 1.65. The quantitative estimate of drug-likeness (QED) is 0.651. The number of nitrogens with one attached hydrogen (secondary N) is 2. The maximum absolute atomic E-state index is 12.7. The Morgan fingerprint density at radius 2 is 1.54 bits per heavy atom. The van der Waals surface area contributed by atoms with Crippen LogP contribution in [0.1, 0.15) is 94.0 Å². The molecule has 0 aromatic carbocycles. The van der Waals surface area contributed by atoms with E-state index in [9.17, 15) is 4.79 Å². The van der Waals surface area contributed by atoms with Gasteiger partial charge in [-0.3, -0.25) is 14.6 Å². The molecule has 3 saturated carbocycles. The topological polar surface area (TPSA) is 78.3 Å². The van der Waals surface area contributed by atoms with Gasteiger partial charge in [0.2, 0.25) is 5.95 Å². The zero-order valence-corrected chi connectivity index (χ0v) is 22.3. The number of piperazine rings is 1. The van der Waals surface area contributed by atoms with Gasteiger partial charge in [0.25, 0.3) is 5.91 Å². The van der Waals surface area contributed by atoms with Crippen molar-refractivity contribution < 1.29 is 4.79 Å². The van der Waals surface area contributed by atoms with E-state index in [1.807, 2.05) is 12.3 Å². The van der Waals surface area contributed by atoms with Gasteiger partial charge in [-0.05, 0) is 57.4 Å². The number of amides is 1. The van der Waals surface area contributed by atoms with Crippen molar-refractivity contribution in [2.75, 3.05) is 38.0 Å². The highest BCUT2D eigenvalue weighted by Gasteiger charge is 2.41. The van der Waals surface area contributed by atoms with Crippen molar-refractivity contribution in [1.82, 2.24) is 29.7 Å². The Morgan fingerprint density at radius 3 is 2.24 bits per heavy atom. The zero-order valence-electron chi connectivity index (χ0n) is 22.3. The van der Waals surface area contributed by atoms with E-state index >= 15 is 0 Å². The summed E-state index contributed by atoms with van der Waals surface area (Å²) in [6, 6.07) is 4.01. The molecule has 8 heteroatoms. The number of carbonyl (C=O) groups excluding carboxylic acids is 1. The molecule has 2 aromatic rings. The van der Waals surface area contributed by atoms with Crippen LogP contribution in [-0.4, -0.2) is 81.1 Å². The van der Waals surface area contributed by atoms with Gasteiger partial charge in [0, 0.05) is 62.4 Å². The molecule has 0 atom stereocenters. The molecule has 4 fully saturated rings. The van der Waals surface area contributed by atoms with Crippen LogP contribution in [0.15, 0.2) is 12.3 Å². The molecular formula is C29H43N7O. The second-order valence-electron chi connectivity index (χ2n) is 12.5. The van der Waals surface area contributed by atoms with Crippen molar-refractivity contribution in [3.05, 3.63) is 18.0 Å². The van der Waals surface area contributed by atoms with Crippen LogP contribution in [0.25, 0.3) is 11.0 Å². The lowest BCUT2D eigenvalue weighted by molar-refractivity contribution is 0.0567. The first-order valence-corrected chi connectivity index (χ1v) is 15.1. The van der Waals surface area contributed by atoms with E-state index in [0.29, 0.717) is 12.6 Å². The summed E-state index contributed by atoms with van der Waals surface area (Å²) < 4.78 is 2.27. The first kappa shape index (κ1) is 23.9. The second-order valence-corrected chi connectivity index (χ2v) is 12.5. The van der Waals surface area contributed by atoms with Gasteiger partial charge in [-0.1, -0.05) is 32.1 Å². The van der Waals surface area contributed by atoms with E-state index in [1.54, 1.807) is 0 Å².